The van der Waals surface area contributed by atoms with Crippen LogP contribution in [-0.2, 0) is 19.6 Å². The number of benzene rings is 1. The van der Waals surface area contributed by atoms with Crippen LogP contribution in [-0.4, -0.2) is 37.1 Å². The van der Waals surface area contributed by atoms with Crippen molar-refractivity contribution in [1.29, 1.82) is 0 Å². The Kier molecular flexibility index (Phi) is 4.57. The first-order chi connectivity index (χ1) is 9.77. The van der Waals surface area contributed by atoms with E-state index in [0.717, 1.165) is 4.31 Å². The van der Waals surface area contributed by atoms with E-state index < -0.39 is 34.4 Å². The molecule has 1 aromatic rings. The second kappa shape index (κ2) is 5.92. The lowest BCUT2D eigenvalue weighted by atomic mass is 10.2. The van der Waals surface area contributed by atoms with Crippen LogP contribution in [0.2, 0.25) is 10.0 Å². The van der Waals surface area contributed by atoms with Crippen molar-refractivity contribution in [2.45, 2.75) is 24.3 Å². The zero-order valence-corrected chi connectivity index (χ0v) is 13.3. The summed E-state index contributed by atoms with van der Waals surface area (Å²) in [5.74, 6) is -1.29. The molecule has 9 heteroatoms. The van der Waals surface area contributed by atoms with E-state index in [1.807, 2.05) is 0 Å². The van der Waals surface area contributed by atoms with Crippen molar-refractivity contribution < 1.29 is 18.0 Å². The van der Waals surface area contributed by atoms with E-state index in [9.17, 15) is 18.0 Å². The number of piperazine rings is 1. The van der Waals surface area contributed by atoms with Gasteiger partial charge in [-0.05, 0) is 24.6 Å². The molecule has 0 saturated carbocycles. The van der Waals surface area contributed by atoms with Crippen LogP contribution in [0.3, 0.4) is 0 Å². The van der Waals surface area contributed by atoms with Crippen LogP contribution in [0.4, 0.5) is 0 Å². The molecule has 1 atom stereocenters. The van der Waals surface area contributed by atoms with Crippen LogP contribution in [0.25, 0.3) is 0 Å². The molecule has 1 aliphatic rings. The van der Waals surface area contributed by atoms with E-state index in [4.69, 9.17) is 23.2 Å². The van der Waals surface area contributed by atoms with Gasteiger partial charge in [0.25, 0.3) is 0 Å². The molecule has 1 aromatic carbocycles. The number of imide groups is 1. The minimum atomic E-state index is -4.02. The van der Waals surface area contributed by atoms with Crippen molar-refractivity contribution in [3.8, 4) is 0 Å². The van der Waals surface area contributed by atoms with E-state index in [1.54, 1.807) is 6.92 Å². The van der Waals surface area contributed by atoms with E-state index in [2.05, 4.69) is 5.32 Å². The molecule has 0 radical (unpaired) electrons. The molecule has 0 bridgehead atoms. The number of sulfonamides is 1. The van der Waals surface area contributed by atoms with Crippen molar-refractivity contribution in [2.24, 2.45) is 0 Å². The van der Waals surface area contributed by atoms with Gasteiger partial charge in [0.1, 0.15) is 6.04 Å². The SMILES string of the molecule is CCC1C(=O)NC(=O)CN1S(=O)(=O)c1ccc(Cl)c(Cl)c1. The molecule has 1 saturated heterocycles. The third-order valence-corrected chi connectivity index (χ3v) is 5.69. The van der Waals surface area contributed by atoms with Gasteiger partial charge in [0.05, 0.1) is 21.5 Å². The topological polar surface area (TPSA) is 83.6 Å². The standard InChI is InChI=1S/C12H12Cl2N2O4S/c1-2-10-12(18)15-11(17)6-16(10)21(19,20)7-3-4-8(13)9(14)5-7/h3-5,10H,2,6H2,1H3,(H,15,17,18). The van der Waals surface area contributed by atoms with Crippen molar-refractivity contribution >= 4 is 45.0 Å². The van der Waals surface area contributed by atoms with Crippen molar-refractivity contribution in [3.05, 3.63) is 28.2 Å². The Labute approximate surface area is 132 Å². The zero-order valence-electron chi connectivity index (χ0n) is 11.0. The Morgan fingerprint density at radius 1 is 1.29 bits per heavy atom. The summed E-state index contributed by atoms with van der Waals surface area (Å²) in [7, 11) is -4.02. The van der Waals surface area contributed by atoms with Gasteiger partial charge in [-0.2, -0.15) is 4.31 Å². The summed E-state index contributed by atoms with van der Waals surface area (Å²) in [5.41, 5.74) is 0. The average Bonchev–Trinajstić information content (AvgIpc) is 2.41. The van der Waals surface area contributed by atoms with Crippen LogP contribution in [0.15, 0.2) is 23.1 Å². The van der Waals surface area contributed by atoms with Gasteiger partial charge >= 0.3 is 0 Å². The molecule has 21 heavy (non-hydrogen) atoms. The van der Waals surface area contributed by atoms with Crippen LogP contribution < -0.4 is 5.32 Å². The average molecular weight is 351 g/mol. The maximum Gasteiger partial charge on any atom is 0.245 e. The van der Waals surface area contributed by atoms with E-state index in [-0.39, 0.29) is 21.4 Å². The molecule has 1 unspecified atom stereocenters. The second-order valence-electron chi connectivity index (χ2n) is 4.46. The van der Waals surface area contributed by atoms with Crippen molar-refractivity contribution in [2.75, 3.05) is 6.54 Å². The minimum Gasteiger partial charge on any atom is -0.294 e. The predicted molar refractivity (Wildman–Crippen MR) is 77.6 cm³/mol. The van der Waals surface area contributed by atoms with E-state index in [1.165, 1.54) is 18.2 Å². The highest BCUT2D eigenvalue weighted by Gasteiger charge is 2.40. The first-order valence-electron chi connectivity index (χ1n) is 6.08. The van der Waals surface area contributed by atoms with E-state index in [0.29, 0.717) is 0 Å². The quantitative estimate of drug-likeness (QED) is 0.835. The third-order valence-electron chi connectivity index (χ3n) is 3.10. The Bertz CT molecular complexity index is 705. The van der Waals surface area contributed by atoms with Gasteiger partial charge < -0.3 is 0 Å². The van der Waals surface area contributed by atoms with Crippen molar-refractivity contribution in [3.63, 3.8) is 0 Å². The summed E-state index contributed by atoms with van der Waals surface area (Å²) in [4.78, 5) is 23.1. The zero-order chi connectivity index (χ0) is 15.8. The van der Waals surface area contributed by atoms with Crippen LogP contribution >= 0.6 is 23.2 Å². The molecule has 0 aromatic heterocycles. The number of hydrogen-bond acceptors (Lipinski definition) is 4. The molecular weight excluding hydrogens is 339 g/mol. The third kappa shape index (κ3) is 3.06. The summed E-state index contributed by atoms with van der Waals surface area (Å²) in [5, 5.41) is 2.42. The summed E-state index contributed by atoms with van der Waals surface area (Å²) >= 11 is 11.6. The number of carbonyl (C=O) groups is 2. The molecule has 1 N–H and O–H groups in total. The molecule has 0 aliphatic carbocycles. The molecule has 0 spiro atoms. The number of hydrogen-bond donors (Lipinski definition) is 1. The highest BCUT2D eigenvalue weighted by Crippen LogP contribution is 2.28. The highest BCUT2D eigenvalue weighted by atomic mass is 35.5. The smallest absolute Gasteiger partial charge is 0.245 e. The summed E-state index contributed by atoms with van der Waals surface area (Å²) in [6.45, 7) is 1.25. The first-order valence-corrected chi connectivity index (χ1v) is 8.27. The van der Waals surface area contributed by atoms with E-state index >= 15 is 0 Å². The molecule has 1 heterocycles. The molecule has 1 aliphatic heterocycles. The lowest BCUT2D eigenvalue weighted by Crippen LogP contribution is -2.59. The van der Waals surface area contributed by atoms with Gasteiger partial charge in [0.2, 0.25) is 21.8 Å². The largest absolute Gasteiger partial charge is 0.294 e. The van der Waals surface area contributed by atoms with Gasteiger partial charge in [-0.3, -0.25) is 14.9 Å². The van der Waals surface area contributed by atoms with Crippen molar-refractivity contribution in [1.82, 2.24) is 9.62 Å². The molecule has 2 amide bonds. The summed E-state index contributed by atoms with van der Waals surface area (Å²) < 4.78 is 26.1. The van der Waals surface area contributed by atoms with Gasteiger partial charge in [0.15, 0.2) is 0 Å². The molecular formula is C12H12Cl2N2O4S. The summed E-state index contributed by atoms with van der Waals surface area (Å²) in [6.07, 6.45) is 0.250. The Morgan fingerprint density at radius 3 is 2.52 bits per heavy atom. The normalized spacial score (nSPS) is 20.4. The Hall–Kier alpha value is -1.15. The lowest BCUT2D eigenvalue weighted by molar-refractivity contribution is -0.137. The monoisotopic (exact) mass is 350 g/mol. The highest BCUT2D eigenvalue weighted by molar-refractivity contribution is 7.89. The first kappa shape index (κ1) is 16.2. The maximum atomic E-state index is 12.6. The number of amides is 2. The van der Waals surface area contributed by atoms with Gasteiger partial charge in [0, 0.05) is 0 Å². The second-order valence-corrected chi connectivity index (χ2v) is 7.17. The maximum absolute atomic E-state index is 12.6. The Morgan fingerprint density at radius 2 is 1.95 bits per heavy atom. The van der Waals surface area contributed by atoms with Crippen LogP contribution in [0, 0.1) is 0 Å². The molecule has 114 valence electrons. The summed E-state index contributed by atoms with van der Waals surface area (Å²) in [6, 6.07) is 2.90. The lowest BCUT2D eigenvalue weighted by Gasteiger charge is -2.32. The molecule has 2 rings (SSSR count). The molecule has 1 fully saturated rings. The van der Waals surface area contributed by atoms with Gasteiger partial charge in [-0.15, -0.1) is 0 Å². The minimum absolute atomic E-state index is 0.0820. The van der Waals surface area contributed by atoms with Gasteiger partial charge in [-0.1, -0.05) is 30.1 Å². The number of nitrogens with zero attached hydrogens (tertiary/aromatic N) is 1. The molecule has 6 nitrogen and oxygen atoms in total. The fourth-order valence-corrected chi connectivity index (χ4v) is 4.06. The predicted octanol–water partition coefficient (Wildman–Crippen LogP) is 1.42. The number of halogens is 2. The van der Waals surface area contributed by atoms with Crippen LogP contribution in [0.5, 0.6) is 0 Å². The fourth-order valence-electron chi connectivity index (χ4n) is 2.06. The van der Waals surface area contributed by atoms with Gasteiger partial charge in [-0.25, -0.2) is 8.42 Å². The number of carbonyl (C=O) groups excluding carboxylic acids is 2. The fraction of sp³-hybridized carbons (Fsp3) is 0.333. The number of nitrogens with one attached hydrogen (secondary N) is 1. The van der Waals surface area contributed by atoms with Crippen LogP contribution in [0.1, 0.15) is 13.3 Å². The Balaban J connectivity index is 2.47. The number of rotatable bonds is 3.